The fourth-order valence-electron chi connectivity index (χ4n) is 3.97. The Hall–Kier alpha value is -0.570. The molecule has 2 fully saturated rings. The second-order valence-electron chi connectivity index (χ2n) is 6.14. The molecule has 0 aromatic rings. The average molecular weight is 267 g/mol. The maximum absolute atomic E-state index is 11.5. The van der Waals surface area contributed by atoms with Crippen molar-refractivity contribution in [3.8, 4) is 0 Å². The van der Waals surface area contributed by atoms with Crippen LogP contribution < -0.4 is 5.32 Å². The highest BCUT2D eigenvalue weighted by Gasteiger charge is 2.32. The fourth-order valence-corrected chi connectivity index (χ4v) is 3.97. The summed E-state index contributed by atoms with van der Waals surface area (Å²) in [5.74, 6) is 1.59. The van der Waals surface area contributed by atoms with Gasteiger partial charge in [0.1, 0.15) is 0 Å². The fraction of sp³-hybridized carbons (Fsp3) is 0.938. The molecule has 2 aliphatic rings. The predicted molar refractivity (Wildman–Crippen MR) is 77.0 cm³/mol. The Morgan fingerprint density at radius 1 is 1.05 bits per heavy atom. The molecule has 2 atom stereocenters. The minimum Gasteiger partial charge on any atom is -0.465 e. The Labute approximate surface area is 117 Å². The van der Waals surface area contributed by atoms with Crippen molar-refractivity contribution in [1.29, 1.82) is 0 Å². The molecule has 0 aromatic heterocycles. The highest BCUT2D eigenvalue weighted by atomic mass is 16.5. The largest absolute Gasteiger partial charge is 0.465 e. The Bertz CT molecular complexity index is 274. The SMILES string of the molecule is CCOC(=O)CNC1CCCCC1C1CCCCC1. The Morgan fingerprint density at radius 3 is 2.47 bits per heavy atom. The lowest BCUT2D eigenvalue weighted by Crippen LogP contribution is -2.44. The van der Waals surface area contributed by atoms with E-state index < -0.39 is 0 Å². The van der Waals surface area contributed by atoms with E-state index in [2.05, 4.69) is 5.32 Å². The predicted octanol–water partition coefficient (Wildman–Crippen LogP) is 3.28. The summed E-state index contributed by atoms with van der Waals surface area (Å²) in [4.78, 5) is 11.5. The Balaban J connectivity index is 1.82. The van der Waals surface area contributed by atoms with Gasteiger partial charge in [0.25, 0.3) is 0 Å². The normalized spacial score (nSPS) is 29.1. The molecule has 0 aromatic carbocycles. The minimum absolute atomic E-state index is 0.101. The zero-order valence-corrected chi connectivity index (χ0v) is 12.3. The van der Waals surface area contributed by atoms with Crippen molar-refractivity contribution in [1.82, 2.24) is 5.32 Å². The first-order valence-electron chi connectivity index (χ1n) is 8.20. The van der Waals surface area contributed by atoms with Crippen molar-refractivity contribution >= 4 is 5.97 Å². The number of hydrogen-bond acceptors (Lipinski definition) is 3. The zero-order chi connectivity index (χ0) is 13.5. The lowest BCUT2D eigenvalue weighted by atomic mass is 9.71. The second-order valence-corrected chi connectivity index (χ2v) is 6.14. The van der Waals surface area contributed by atoms with Crippen LogP contribution >= 0.6 is 0 Å². The molecule has 0 heterocycles. The summed E-state index contributed by atoms with van der Waals surface area (Å²) in [5, 5.41) is 3.48. The molecule has 1 N–H and O–H groups in total. The van der Waals surface area contributed by atoms with Crippen LogP contribution in [0.5, 0.6) is 0 Å². The third-order valence-corrected chi connectivity index (χ3v) is 4.89. The molecular formula is C16H29NO2. The van der Waals surface area contributed by atoms with Crippen molar-refractivity contribution in [2.45, 2.75) is 70.8 Å². The van der Waals surface area contributed by atoms with E-state index in [1.165, 1.54) is 57.8 Å². The van der Waals surface area contributed by atoms with E-state index in [0.717, 1.165) is 11.8 Å². The standard InChI is InChI=1S/C16H29NO2/c1-2-19-16(18)12-17-15-11-7-6-10-14(15)13-8-4-3-5-9-13/h13-15,17H,2-12H2,1H3. The first-order valence-corrected chi connectivity index (χ1v) is 8.20. The first kappa shape index (κ1) is 14.8. The van der Waals surface area contributed by atoms with Gasteiger partial charge in [0, 0.05) is 6.04 Å². The van der Waals surface area contributed by atoms with Crippen LogP contribution in [0.4, 0.5) is 0 Å². The topological polar surface area (TPSA) is 38.3 Å². The molecule has 0 bridgehead atoms. The van der Waals surface area contributed by atoms with Gasteiger partial charge in [-0.15, -0.1) is 0 Å². The van der Waals surface area contributed by atoms with Gasteiger partial charge in [0.05, 0.1) is 13.2 Å². The van der Waals surface area contributed by atoms with Crippen molar-refractivity contribution < 1.29 is 9.53 Å². The molecule has 0 spiro atoms. The summed E-state index contributed by atoms with van der Waals surface area (Å²) in [6.07, 6.45) is 12.3. The van der Waals surface area contributed by atoms with E-state index in [4.69, 9.17) is 4.74 Å². The van der Waals surface area contributed by atoms with Crippen LogP contribution in [-0.4, -0.2) is 25.2 Å². The third-order valence-electron chi connectivity index (χ3n) is 4.89. The van der Waals surface area contributed by atoms with E-state index >= 15 is 0 Å². The molecule has 110 valence electrons. The number of rotatable bonds is 5. The van der Waals surface area contributed by atoms with E-state index in [1.807, 2.05) is 6.92 Å². The van der Waals surface area contributed by atoms with Gasteiger partial charge >= 0.3 is 5.97 Å². The van der Waals surface area contributed by atoms with Crippen LogP contribution in [0.25, 0.3) is 0 Å². The molecule has 0 amide bonds. The molecule has 0 radical (unpaired) electrons. The molecular weight excluding hydrogens is 238 g/mol. The van der Waals surface area contributed by atoms with Crippen LogP contribution in [0.15, 0.2) is 0 Å². The summed E-state index contributed by atoms with van der Waals surface area (Å²) >= 11 is 0. The quantitative estimate of drug-likeness (QED) is 0.777. The molecule has 2 aliphatic carbocycles. The van der Waals surface area contributed by atoms with Crippen molar-refractivity contribution in [2.24, 2.45) is 11.8 Å². The van der Waals surface area contributed by atoms with Gasteiger partial charge in [0.15, 0.2) is 0 Å². The third kappa shape index (κ3) is 4.48. The molecule has 19 heavy (non-hydrogen) atoms. The van der Waals surface area contributed by atoms with Gasteiger partial charge in [-0.1, -0.05) is 44.9 Å². The zero-order valence-electron chi connectivity index (χ0n) is 12.3. The minimum atomic E-state index is -0.101. The van der Waals surface area contributed by atoms with Crippen LogP contribution in [0.2, 0.25) is 0 Å². The molecule has 0 aliphatic heterocycles. The molecule has 0 saturated heterocycles. The Morgan fingerprint density at radius 2 is 1.74 bits per heavy atom. The summed E-state index contributed by atoms with van der Waals surface area (Å²) in [6.45, 7) is 2.74. The van der Waals surface area contributed by atoms with Crippen LogP contribution in [0.1, 0.15) is 64.7 Å². The Kier molecular flexibility index (Phi) is 6.15. The number of ether oxygens (including phenoxy) is 1. The van der Waals surface area contributed by atoms with Gasteiger partial charge in [0.2, 0.25) is 0 Å². The van der Waals surface area contributed by atoms with E-state index in [0.29, 0.717) is 19.2 Å². The molecule has 3 nitrogen and oxygen atoms in total. The number of carbonyl (C=O) groups excluding carboxylic acids is 1. The molecule has 3 heteroatoms. The van der Waals surface area contributed by atoms with Gasteiger partial charge in [-0.25, -0.2) is 0 Å². The number of hydrogen-bond donors (Lipinski definition) is 1. The summed E-state index contributed by atoms with van der Waals surface area (Å²) in [7, 11) is 0. The van der Waals surface area contributed by atoms with E-state index in [1.54, 1.807) is 0 Å². The molecule has 2 unspecified atom stereocenters. The maximum atomic E-state index is 11.5. The van der Waals surface area contributed by atoms with Crippen molar-refractivity contribution in [3.05, 3.63) is 0 Å². The van der Waals surface area contributed by atoms with E-state index in [-0.39, 0.29) is 5.97 Å². The van der Waals surface area contributed by atoms with Crippen molar-refractivity contribution in [3.63, 3.8) is 0 Å². The van der Waals surface area contributed by atoms with Crippen LogP contribution in [-0.2, 0) is 9.53 Å². The van der Waals surface area contributed by atoms with Crippen LogP contribution in [0, 0.1) is 11.8 Å². The van der Waals surface area contributed by atoms with Gasteiger partial charge in [-0.2, -0.15) is 0 Å². The van der Waals surface area contributed by atoms with Gasteiger partial charge in [-0.05, 0) is 31.6 Å². The van der Waals surface area contributed by atoms with Crippen molar-refractivity contribution in [2.75, 3.05) is 13.2 Å². The summed E-state index contributed by atoms with van der Waals surface area (Å²) in [5.41, 5.74) is 0. The number of carbonyl (C=O) groups is 1. The second kappa shape index (κ2) is 7.88. The average Bonchev–Trinajstić information content (AvgIpc) is 2.47. The van der Waals surface area contributed by atoms with E-state index in [9.17, 15) is 4.79 Å². The highest BCUT2D eigenvalue weighted by molar-refractivity contribution is 5.71. The smallest absolute Gasteiger partial charge is 0.319 e. The van der Waals surface area contributed by atoms with Crippen LogP contribution in [0.3, 0.4) is 0 Å². The first-order chi connectivity index (χ1) is 9.31. The summed E-state index contributed by atoms with van der Waals surface area (Å²) in [6, 6.07) is 0.543. The molecule has 2 rings (SSSR count). The monoisotopic (exact) mass is 267 g/mol. The van der Waals surface area contributed by atoms with Gasteiger partial charge in [-0.3, -0.25) is 4.79 Å². The highest BCUT2D eigenvalue weighted by Crippen LogP contribution is 2.38. The summed E-state index contributed by atoms with van der Waals surface area (Å²) < 4.78 is 5.01. The maximum Gasteiger partial charge on any atom is 0.319 e. The number of esters is 1. The van der Waals surface area contributed by atoms with Gasteiger partial charge < -0.3 is 10.1 Å². The lowest BCUT2D eigenvalue weighted by molar-refractivity contribution is -0.142. The lowest BCUT2D eigenvalue weighted by Gasteiger charge is -2.39. The molecule has 2 saturated carbocycles. The number of nitrogens with one attached hydrogen (secondary N) is 1.